The number of benzene rings is 2. The van der Waals surface area contributed by atoms with Crippen molar-refractivity contribution in [3.63, 3.8) is 0 Å². The second-order valence-electron chi connectivity index (χ2n) is 8.91. The first kappa shape index (κ1) is 20.4. The van der Waals surface area contributed by atoms with Gasteiger partial charge in [0.05, 0.1) is 6.33 Å². The van der Waals surface area contributed by atoms with E-state index in [-0.39, 0.29) is 5.41 Å². The monoisotopic (exact) mass is 372 g/mol. The van der Waals surface area contributed by atoms with Crippen molar-refractivity contribution in [1.29, 1.82) is 0 Å². The average molecular weight is 372 g/mol. The number of H-pyrrole nitrogens is 1. The van der Waals surface area contributed by atoms with Crippen molar-refractivity contribution < 1.29 is 0 Å². The molecule has 3 heteroatoms. The van der Waals surface area contributed by atoms with Crippen molar-refractivity contribution in [2.45, 2.75) is 64.1 Å². The van der Waals surface area contributed by atoms with E-state index in [0.717, 1.165) is 5.82 Å². The zero-order valence-electron chi connectivity index (χ0n) is 17.6. The van der Waals surface area contributed by atoms with E-state index in [4.69, 9.17) is 0 Å². The molecule has 0 unspecified atom stereocenters. The van der Waals surface area contributed by atoms with Crippen LogP contribution < -0.4 is 10.9 Å². The van der Waals surface area contributed by atoms with Gasteiger partial charge in [0.1, 0.15) is 0 Å². The Balaban J connectivity index is 0.000000211. The van der Waals surface area contributed by atoms with Gasteiger partial charge in [-0.25, -0.2) is 4.98 Å². The van der Waals surface area contributed by atoms with Gasteiger partial charge < -0.3 is 4.98 Å². The molecule has 2 aromatic carbocycles. The van der Waals surface area contributed by atoms with Crippen LogP contribution >= 0.6 is 0 Å². The lowest BCUT2D eigenvalue weighted by Gasteiger charge is -2.28. The van der Waals surface area contributed by atoms with E-state index in [0.29, 0.717) is 6.71 Å². The Kier molecular flexibility index (Phi) is 7.14. The number of nitrogens with zero attached hydrogens (tertiary/aromatic N) is 1. The number of hydrogen-bond donors (Lipinski definition) is 1. The minimum absolute atomic E-state index is 0.205. The highest BCUT2D eigenvalue weighted by Gasteiger charge is 2.29. The van der Waals surface area contributed by atoms with E-state index in [1.165, 1.54) is 48.7 Å². The van der Waals surface area contributed by atoms with E-state index in [2.05, 4.69) is 91.4 Å². The molecular formula is C25H33BN2. The van der Waals surface area contributed by atoms with Crippen molar-refractivity contribution in [3.05, 3.63) is 78.9 Å². The van der Waals surface area contributed by atoms with Crippen LogP contribution in [0.15, 0.2) is 73.2 Å². The molecular weight excluding hydrogens is 339 g/mol. The normalized spacial score (nSPS) is 14.8. The van der Waals surface area contributed by atoms with Crippen molar-refractivity contribution in [1.82, 2.24) is 9.97 Å². The van der Waals surface area contributed by atoms with E-state index in [1.54, 1.807) is 6.33 Å². The Hall–Kier alpha value is -2.29. The van der Waals surface area contributed by atoms with Crippen LogP contribution in [0.5, 0.6) is 0 Å². The molecule has 0 radical (unpaired) electrons. The van der Waals surface area contributed by atoms with Gasteiger partial charge in [-0.3, -0.25) is 0 Å². The number of nitrogens with one attached hydrogen (secondary N) is 1. The maximum atomic E-state index is 3.93. The molecule has 1 aliphatic carbocycles. The smallest absolute Gasteiger partial charge is 0.212 e. The molecule has 1 N–H and O–H groups in total. The predicted octanol–water partition coefficient (Wildman–Crippen LogP) is 5.34. The fraction of sp³-hybridized carbons (Fsp3) is 0.400. The molecule has 0 bridgehead atoms. The first-order valence-electron chi connectivity index (χ1n) is 10.6. The second kappa shape index (κ2) is 9.77. The highest BCUT2D eigenvalue weighted by atomic mass is 14.9. The minimum Gasteiger partial charge on any atom is -0.348 e. The molecule has 0 aliphatic heterocycles. The SMILES string of the molecule is CC(C)(C)c1cnc[nH]1.c1ccc(B(c2ccccc2)C2CCCCC2)cc1. The van der Waals surface area contributed by atoms with Crippen LogP contribution in [0.1, 0.15) is 58.6 Å². The molecule has 3 aromatic rings. The molecule has 0 atom stereocenters. The van der Waals surface area contributed by atoms with Gasteiger partial charge in [0, 0.05) is 17.3 Å². The zero-order valence-corrected chi connectivity index (χ0v) is 17.6. The standard InChI is InChI=1S/C18H21B.C7H12N2/c1-4-10-16(11-5-1)19(17-12-6-2-7-13-17)18-14-8-3-9-15-18;1-7(2,3)6-4-8-5-9-6/h1-2,4-7,10-13,18H,3,8-9,14-15H2;4-5H,1-3H3,(H,8,9). The number of hydrogen-bond acceptors (Lipinski definition) is 1. The summed E-state index contributed by atoms with van der Waals surface area (Å²) >= 11 is 0. The van der Waals surface area contributed by atoms with E-state index in [9.17, 15) is 0 Å². The molecule has 28 heavy (non-hydrogen) atoms. The van der Waals surface area contributed by atoms with Gasteiger partial charge in [0.2, 0.25) is 6.71 Å². The van der Waals surface area contributed by atoms with Gasteiger partial charge in [-0.1, -0.05) is 130 Å². The Morgan fingerprint density at radius 1 is 0.821 bits per heavy atom. The molecule has 1 fully saturated rings. The van der Waals surface area contributed by atoms with Gasteiger partial charge in [-0.2, -0.15) is 0 Å². The maximum Gasteiger partial charge on any atom is 0.212 e. The highest BCUT2D eigenvalue weighted by Crippen LogP contribution is 2.31. The summed E-state index contributed by atoms with van der Waals surface area (Å²) in [5.41, 5.74) is 4.36. The van der Waals surface area contributed by atoms with Gasteiger partial charge in [0.15, 0.2) is 0 Å². The fourth-order valence-electron chi connectivity index (χ4n) is 4.19. The van der Waals surface area contributed by atoms with Crippen LogP contribution in [0.3, 0.4) is 0 Å². The lowest BCUT2D eigenvalue weighted by atomic mass is 9.32. The largest absolute Gasteiger partial charge is 0.348 e. The number of rotatable bonds is 3. The zero-order chi connectivity index (χ0) is 19.8. The summed E-state index contributed by atoms with van der Waals surface area (Å²) in [4.78, 5) is 7.00. The molecule has 0 spiro atoms. The van der Waals surface area contributed by atoms with Crippen molar-refractivity contribution in [2.75, 3.05) is 0 Å². The van der Waals surface area contributed by atoms with Crippen LogP contribution in [0, 0.1) is 0 Å². The summed E-state index contributed by atoms with van der Waals surface area (Å²) in [6, 6.07) is 22.1. The summed E-state index contributed by atoms with van der Waals surface area (Å²) in [5.74, 6) is 0.818. The van der Waals surface area contributed by atoms with Gasteiger partial charge in [0.25, 0.3) is 0 Å². The molecule has 2 nitrogen and oxygen atoms in total. The molecule has 146 valence electrons. The van der Waals surface area contributed by atoms with Crippen LogP contribution in [0.25, 0.3) is 0 Å². The third-order valence-corrected chi connectivity index (χ3v) is 5.74. The summed E-state index contributed by atoms with van der Waals surface area (Å²) in [7, 11) is 0. The second-order valence-corrected chi connectivity index (χ2v) is 8.91. The third-order valence-electron chi connectivity index (χ3n) is 5.74. The average Bonchev–Trinajstić information content (AvgIpc) is 3.27. The Morgan fingerprint density at radius 2 is 1.36 bits per heavy atom. The molecule has 1 aromatic heterocycles. The number of imidazole rings is 1. The third kappa shape index (κ3) is 5.61. The molecule has 1 saturated carbocycles. The molecule has 0 saturated heterocycles. The number of aromatic amines is 1. The summed E-state index contributed by atoms with van der Waals surface area (Å²) < 4.78 is 0. The fourth-order valence-corrected chi connectivity index (χ4v) is 4.19. The van der Waals surface area contributed by atoms with Gasteiger partial charge >= 0.3 is 0 Å². The van der Waals surface area contributed by atoms with Crippen LogP contribution in [0.2, 0.25) is 5.82 Å². The number of aromatic nitrogens is 2. The van der Waals surface area contributed by atoms with Crippen LogP contribution in [0.4, 0.5) is 0 Å². The maximum absolute atomic E-state index is 3.93. The lowest BCUT2D eigenvalue weighted by Crippen LogP contribution is -2.46. The summed E-state index contributed by atoms with van der Waals surface area (Å²) in [6.45, 7) is 7.05. The Morgan fingerprint density at radius 3 is 1.75 bits per heavy atom. The summed E-state index contributed by atoms with van der Waals surface area (Å²) in [6.07, 6.45) is 10.6. The van der Waals surface area contributed by atoms with Gasteiger partial charge in [-0.15, -0.1) is 0 Å². The minimum atomic E-state index is 0.205. The molecule has 1 aliphatic rings. The quantitative estimate of drug-likeness (QED) is 0.618. The topological polar surface area (TPSA) is 28.7 Å². The Labute approximate surface area is 170 Å². The summed E-state index contributed by atoms with van der Waals surface area (Å²) in [5, 5.41) is 0. The van der Waals surface area contributed by atoms with Crippen LogP contribution in [-0.4, -0.2) is 16.7 Å². The first-order chi connectivity index (χ1) is 13.6. The van der Waals surface area contributed by atoms with E-state index in [1.807, 2.05) is 6.20 Å². The van der Waals surface area contributed by atoms with E-state index >= 15 is 0 Å². The van der Waals surface area contributed by atoms with Crippen molar-refractivity contribution in [3.8, 4) is 0 Å². The van der Waals surface area contributed by atoms with Crippen molar-refractivity contribution >= 4 is 17.6 Å². The highest BCUT2D eigenvalue weighted by molar-refractivity contribution is 6.86. The van der Waals surface area contributed by atoms with Gasteiger partial charge in [-0.05, 0) is 0 Å². The van der Waals surface area contributed by atoms with Crippen LogP contribution in [-0.2, 0) is 5.41 Å². The molecule has 1 heterocycles. The Bertz CT molecular complexity index is 746. The van der Waals surface area contributed by atoms with Crippen molar-refractivity contribution in [2.24, 2.45) is 0 Å². The van der Waals surface area contributed by atoms with E-state index < -0.39 is 0 Å². The molecule has 0 amide bonds. The predicted molar refractivity (Wildman–Crippen MR) is 122 cm³/mol. The first-order valence-corrected chi connectivity index (χ1v) is 10.6. The molecule has 4 rings (SSSR count). The lowest BCUT2D eigenvalue weighted by molar-refractivity contribution is 0.499.